The number of aromatic nitrogens is 2. The first-order valence-corrected chi connectivity index (χ1v) is 5.20. The molecule has 0 radical (unpaired) electrons. The van der Waals surface area contributed by atoms with E-state index in [0.717, 1.165) is 10.6 Å². The monoisotopic (exact) mass is 259 g/mol. The molecule has 1 saturated heterocycles. The number of nitrogens with zero attached hydrogens (tertiary/aromatic N) is 2. The fraction of sp³-hybridized carbons (Fsp3) is 0.556. The first-order valence-electron chi connectivity index (χ1n) is 5.20. The minimum absolute atomic E-state index is 0.239. The van der Waals surface area contributed by atoms with Crippen LogP contribution >= 0.6 is 0 Å². The van der Waals surface area contributed by atoms with Crippen LogP contribution in [0.4, 0.5) is 5.95 Å². The highest BCUT2D eigenvalue weighted by Crippen LogP contribution is 2.30. The number of nitrogens with one attached hydrogen (secondary N) is 1. The van der Waals surface area contributed by atoms with Gasteiger partial charge in [-0.1, -0.05) is 0 Å². The van der Waals surface area contributed by atoms with Crippen molar-refractivity contribution in [1.82, 2.24) is 9.55 Å². The fourth-order valence-corrected chi connectivity index (χ4v) is 1.81. The van der Waals surface area contributed by atoms with Gasteiger partial charge in [-0.25, -0.2) is 5.48 Å². The number of ether oxygens (including phenoxy) is 1. The molecule has 0 unspecified atom stereocenters. The normalized spacial score (nSPS) is 31.6. The van der Waals surface area contributed by atoms with Gasteiger partial charge in [0.1, 0.15) is 18.3 Å². The molecule has 0 saturated carbocycles. The molecule has 1 aliphatic heterocycles. The van der Waals surface area contributed by atoms with Crippen molar-refractivity contribution in [1.29, 1.82) is 0 Å². The van der Waals surface area contributed by atoms with E-state index in [4.69, 9.17) is 15.1 Å². The zero-order valence-corrected chi connectivity index (χ0v) is 9.17. The number of anilines is 1. The Morgan fingerprint density at radius 3 is 2.72 bits per heavy atom. The van der Waals surface area contributed by atoms with E-state index >= 15 is 0 Å². The molecule has 2 rings (SSSR count). The highest BCUT2D eigenvalue weighted by molar-refractivity contribution is 5.22. The average molecular weight is 259 g/mol. The Morgan fingerprint density at radius 1 is 1.44 bits per heavy atom. The van der Waals surface area contributed by atoms with Gasteiger partial charge in [0, 0.05) is 12.3 Å². The summed E-state index contributed by atoms with van der Waals surface area (Å²) in [5, 5.41) is 37.2. The summed E-state index contributed by atoms with van der Waals surface area (Å²) in [5.74, 6) is -0.239. The van der Waals surface area contributed by atoms with Crippen molar-refractivity contribution in [3.8, 4) is 0 Å². The van der Waals surface area contributed by atoms with Crippen LogP contribution in [0.2, 0.25) is 0 Å². The van der Waals surface area contributed by atoms with Gasteiger partial charge in [0.2, 0.25) is 5.95 Å². The standard InChI is InChI=1S/C9H13N3O6/c13-3-4-6(15)7(16)8(18-4)12-2-1-5(14)10-9(12)11-17/h1-2,4,6-8,13,15-17H,3H2,(H,10,11,14)/t4-,6-,7-,8-/m1/s1. The predicted molar refractivity (Wildman–Crippen MR) is 56.9 cm³/mol. The lowest BCUT2D eigenvalue weighted by atomic mass is 10.1. The summed E-state index contributed by atoms with van der Waals surface area (Å²) >= 11 is 0. The number of hydrogen-bond acceptors (Lipinski definition) is 8. The third-order valence-corrected chi connectivity index (χ3v) is 2.73. The Bertz CT molecular complexity index is 478. The zero-order chi connectivity index (χ0) is 13.3. The van der Waals surface area contributed by atoms with Crippen LogP contribution in [0.25, 0.3) is 0 Å². The molecular formula is C9H13N3O6. The van der Waals surface area contributed by atoms with Crippen molar-refractivity contribution >= 4 is 5.95 Å². The van der Waals surface area contributed by atoms with E-state index in [9.17, 15) is 15.0 Å². The molecule has 18 heavy (non-hydrogen) atoms. The van der Waals surface area contributed by atoms with Gasteiger partial charge in [-0.05, 0) is 0 Å². The van der Waals surface area contributed by atoms with E-state index < -0.39 is 36.7 Å². The Hall–Kier alpha value is -1.52. The summed E-state index contributed by atoms with van der Waals surface area (Å²) in [5.41, 5.74) is 1.11. The first kappa shape index (κ1) is 12.9. The maximum Gasteiger partial charge on any atom is 0.274 e. The highest BCUT2D eigenvalue weighted by Gasteiger charge is 2.43. The molecule has 5 N–H and O–H groups in total. The van der Waals surface area contributed by atoms with Crippen molar-refractivity contribution in [2.24, 2.45) is 0 Å². The third kappa shape index (κ3) is 2.09. The van der Waals surface area contributed by atoms with E-state index in [1.165, 1.54) is 6.20 Å². The first-order chi connectivity index (χ1) is 8.58. The molecule has 2 heterocycles. The topological polar surface area (TPSA) is 137 Å². The second kappa shape index (κ2) is 5.00. The van der Waals surface area contributed by atoms with Gasteiger partial charge in [-0.2, -0.15) is 4.98 Å². The summed E-state index contributed by atoms with van der Waals surface area (Å²) < 4.78 is 6.37. The quantitative estimate of drug-likeness (QED) is 0.381. The number of rotatable bonds is 3. The van der Waals surface area contributed by atoms with Gasteiger partial charge in [0.25, 0.3) is 5.56 Å². The summed E-state index contributed by atoms with van der Waals surface area (Å²) in [6.45, 7) is -0.468. The number of aliphatic hydroxyl groups is 3. The molecule has 9 heteroatoms. The molecule has 0 amide bonds. The van der Waals surface area contributed by atoms with E-state index in [1.807, 2.05) is 0 Å². The second-order valence-corrected chi connectivity index (χ2v) is 3.84. The van der Waals surface area contributed by atoms with Crippen LogP contribution in [-0.4, -0.2) is 55.0 Å². The van der Waals surface area contributed by atoms with E-state index in [0.29, 0.717) is 0 Å². The molecule has 1 aliphatic rings. The summed E-state index contributed by atoms with van der Waals surface area (Å²) in [6, 6.07) is 1.11. The van der Waals surface area contributed by atoms with Gasteiger partial charge in [0.15, 0.2) is 6.23 Å². The molecule has 0 spiro atoms. The maximum atomic E-state index is 11.0. The fourth-order valence-electron chi connectivity index (χ4n) is 1.81. The van der Waals surface area contributed by atoms with Gasteiger partial charge >= 0.3 is 0 Å². The zero-order valence-electron chi connectivity index (χ0n) is 9.17. The van der Waals surface area contributed by atoms with Gasteiger partial charge in [-0.15, -0.1) is 0 Å². The predicted octanol–water partition coefficient (Wildman–Crippen LogP) is -2.34. The van der Waals surface area contributed by atoms with E-state index in [2.05, 4.69) is 4.98 Å². The van der Waals surface area contributed by atoms with Gasteiger partial charge in [0.05, 0.1) is 6.61 Å². The average Bonchev–Trinajstić information content (AvgIpc) is 2.66. The van der Waals surface area contributed by atoms with E-state index in [1.54, 1.807) is 5.48 Å². The minimum atomic E-state index is -1.32. The molecule has 0 bridgehead atoms. The second-order valence-electron chi connectivity index (χ2n) is 3.84. The molecular weight excluding hydrogens is 246 g/mol. The molecule has 9 nitrogen and oxygen atoms in total. The van der Waals surface area contributed by atoms with Crippen LogP contribution in [0.3, 0.4) is 0 Å². The van der Waals surface area contributed by atoms with Crippen LogP contribution in [0.5, 0.6) is 0 Å². The van der Waals surface area contributed by atoms with Crippen LogP contribution in [0.1, 0.15) is 6.23 Å². The van der Waals surface area contributed by atoms with Crippen LogP contribution in [0, 0.1) is 0 Å². The lowest BCUT2D eigenvalue weighted by molar-refractivity contribution is -0.0528. The third-order valence-electron chi connectivity index (χ3n) is 2.73. The van der Waals surface area contributed by atoms with Crippen LogP contribution in [-0.2, 0) is 4.74 Å². The van der Waals surface area contributed by atoms with Crippen LogP contribution < -0.4 is 11.0 Å². The summed E-state index contributed by atoms with van der Waals surface area (Å²) in [4.78, 5) is 14.5. The Balaban J connectivity index is 2.35. The van der Waals surface area contributed by atoms with E-state index in [-0.39, 0.29) is 5.95 Å². The van der Waals surface area contributed by atoms with Crippen molar-refractivity contribution in [2.45, 2.75) is 24.5 Å². The smallest absolute Gasteiger partial charge is 0.274 e. The lowest BCUT2D eigenvalue weighted by Gasteiger charge is -2.20. The molecule has 100 valence electrons. The number of hydrogen-bond donors (Lipinski definition) is 5. The molecule has 0 aliphatic carbocycles. The molecule has 4 atom stereocenters. The largest absolute Gasteiger partial charge is 0.394 e. The van der Waals surface area contributed by atoms with Crippen LogP contribution in [0.15, 0.2) is 17.1 Å². The Labute approximate surface area is 101 Å². The minimum Gasteiger partial charge on any atom is -0.394 e. The van der Waals surface area contributed by atoms with Crippen molar-refractivity contribution in [3.63, 3.8) is 0 Å². The SMILES string of the molecule is O=c1ccn([C@@H]2O[C@H](CO)[C@@H](O)[C@H]2O)c(NO)n1. The maximum absolute atomic E-state index is 11.0. The lowest BCUT2D eigenvalue weighted by Crippen LogP contribution is -2.33. The Kier molecular flexibility index (Phi) is 3.59. The molecule has 1 aromatic rings. The van der Waals surface area contributed by atoms with Crippen molar-refractivity contribution in [3.05, 3.63) is 22.6 Å². The molecule has 0 aromatic carbocycles. The number of aliphatic hydroxyl groups excluding tert-OH is 3. The van der Waals surface area contributed by atoms with Gasteiger partial charge in [-0.3, -0.25) is 14.6 Å². The van der Waals surface area contributed by atoms with Crippen molar-refractivity contribution in [2.75, 3.05) is 12.1 Å². The molecule has 1 aromatic heterocycles. The van der Waals surface area contributed by atoms with Gasteiger partial charge < -0.3 is 20.1 Å². The highest BCUT2D eigenvalue weighted by atomic mass is 16.6. The van der Waals surface area contributed by atoms with Crippen molar-refractivity contribution < 1.29 is 25.3 Å². The summed E-state index contributed by atoms with van der Waals surface area (Å²) in [7, 11) is 0. The summed E-state index contributed by atoms with van der Waals surface area (Å²) in [6.07, 6.45) is -3.37. The molecule has 1 fully saturated rings. The Morgan fingerprint density at radius 2 is 2.17 bits per heavy atom.